The first-order valence-corrected chi connectivity index (χ1v) is 8.78. The fourth-order valence-electron chi connectivity index (χ4n) is 1.89. The van der Waals surface area contributed by atoms with Gasteiger partial charge in [-0.15, -0.1) is 0 Å². The van der Waals surface area contributed by atoms with E-state index in [-0.39, 0.29) is 5.91 Å². The molecule has 2 aliphatic rings. The predicted molar refractivity (Wildman–Crippen MR) is 72.7 cm³/mol. The number of nitrogens with one attached hydrogen (secondary N) is 1. The summed E-state index contributed by atoms with van der Waals surface area (Å²) >= 11 is 0. The number of unbranched alkanes of at least 4 members (excludes halogenated alkanes) is 1. The number of hydrogen-bond donors (Lipinski definition) is 1. The van der Waals surface area contributed by atoms with Crippen LogP contribution in [0.15, 0.2) is 0 Å². The third-order valence-corrected chi connectivity index (χ3v) is 6.20. The maximum Gasteiger partial charge on any atom is 0.220 e. The molecule has 0 radical (unpaired) electrons. The summed E-state index contributed by atoms with van der Waals surface area (Å²) in [5.74, 6) is 2.38. The molecule has 1 heterocycles. The van der Waals surface area contributed by atoms with Gasteiger partial charge in [0.05, 0.1) is 0 Å². The SMILES string of the molecule is O=C(CCCC[C@@H]1CCSS1)NCC1CC1. The van der Waals surface area contributed by atoms with Gasteiger partial charge < -0.3 is 5.32 Å². The zero-order valence-electron chi connectivity index (χ0n) is 9.74. The second-order valence-electron chi connectivity index (χ2n) is 4.82. The van der Waals surface area contributed by atoms with Gasteiger partial charge in [-0.1, -0.05) is 28.0 Å². The number of amides is 1. The van der Waals surface area contributed by atoms with E-state index in [9.17, 15) is 4.79 Å². The molecule has 1 atom stereocenters. The first kappa shape index (κ1) is 12.6. The topological polar surface area (TPSA) is 29.1 Å². The third kappa shape index (κ3) is 5.00. The second kappa shape index (κ2) is 6.80. The van der Waals surface area contributed by atoms with E-state index < -0.39 is 0 Å². The van der Waals surface area contributed by atoms with E-state index in [1.165, 1.54) is 37.9 Å². The van der Waals surface area contributed by atoms with Crippen molar-refractivity contribution in [3.05, 3.63) is 0 Å². The maximum absolute atomic E-state index is 11.5. The highest BCUT2D eigenvalue weighted by atomic mass is 33.1. The van der Waals surface area contributed by atoms with Crippen molar-refractivity contribution in [2.24, 2.45) is 5.92 Å². The summed E-state index contributed by atoms with van der Waals surface area (Å²) < 4.78 is 0. The Morgan fingerprint density at radius 3 is 2.81 bits per heavy atom. The van der Waals surface area contributed by atoms with Crippen LogP contribution in [0, 0.1) is 5.92 Å². The van der Waals surface area contributed by atoms with Crippen molar-refractivity contribution in [1.29, 1.82) is 0 Å². The van der Waals surface area contributed by atoms with Crippen molar-refractivity contribution < 1.29 is 4.79 Å². The van der Waals surface area contributed by atoms with Crippen LogP contribution >= 0.6 is 21.6 Å². The van der Waals surface area contributed by atoms with Gasteiger partial charge in [0.2, 0.25) is 5.91 Å². The molecule has 0 aromatic rings. The zero-order valence-corrected chi connectivity index (χ0v) is 11.4. The largest absolute Gasteiger partial charge is 0.356 e. The van der Waals surface area contributed by atoms with E-state index in [1.54, 1.807) is 0 Å². The van der Waals surface area contributed by atoms with Crippen molar-refractivity contribution >= 4 is 27.5 Å². The Kier molecular flexibility index (Phi) is 5.36. The van der Waals surface area contributed by atoms with E-state index in [0.29, 0.717) is 0 Å². The summed E-state index contributed by atoms with van der Waals surface area (Å²) in [6.07, 6.45) is 8.31. The highest BCUT2D eigenvalue weighted by molar-refractivity contribution is 8.77. The number of rotatable bonds is 7. The minimum absolute atomic E-state index is 0.264. The van der Waals surface area contributed by atoms with Crippen molar-refractivity contribution in [1.82, 2.24) is 5.32 Å². The maximum atomic E-state index is 11.5. The van der Waals surface area contributed by atoms with Crippen LogP contribution in [0.2, 0.25) is 0 Å². The summed E-state index contributed by atoms with van der Waals surface area (Å²) in [7, 11) is 4.04. The van der Waals surface area contributed by atoms with Crippen molar-refractivity contribution in [2.75, 3.05) is 12.3 Å². The Morgan fingerprint density at radius 2 is 2.12 bits per heavy atom. The fraction of sp³-hybridized carbons (Fsp3) is 0.917. The lowest BCUT2D eigenvalue weighted by Gasteiger charge is -2.07. The molecule has 0 aromatic carbocycles. The summed E-state index contributed by atoms with van der Waals surface area (Å²) in [5.41, 5.74) is 0. The second-order valence-corrected chi connectivity index (χ2v) is 7.61. The zero-order chi connectivity index (χ0) is 11.2. The van der Waals surface area contributed by atoms with Gasteiger partial charge in [-0.25, -0.2) is 0 Å². The van der Waals surface area contributed by atoms with E-state index in [0.717, 1.165) is 30.6 Å². The molecule has 4 heteroatoms. The van der Waals surface area contributed by atoms with E-state index >= 15 is 0 Å². The third-order valence-electron chi connectivity index (χ3n) is 3.19. The van der Waals surface area contributed by atoms with Crippen LogP contribution < -0.4 is 5.32 Å². The molecule has 16 heavy (non-hydrogen) atoms. The Hall–Kier alpha value is 0.170. The lowest BCUT2D eigenvalue weighted by atomic mass is 10.1. The molecule has 2 rings (SSSR count). The molecule has 1 aliphatic heterocycles. The average molecular weight is 259 g/mol. The molecule has 0 aromatic heterocycles. The van der Waals surface area contributed by atoms with Gasteiger partial charge in [0.1, 0.15) is 0 Å². The van der Waals surface area contributed by atoms with E-state index in [2.05, 4.69) is 5.32 Å². The molecule has 1 saturated heterocycles. The van der Waals surface area contributed by atoms with Gasteiger partial charge in [-0.3, -0.25) is 4.79 Å². The normalized spacial score (nSPS) is 24.6. The van der Waals surface area contributed by atoms with Gasteiger partial charge >= 0.3 is 0 Å². The van der Waals surface area contributed by atoms with Gasteiger partial charge in [-0.05, 0) is 38.0 Å². The molecule has 1 saturated carbocycles. The Bertz CT molecular complexity index is 225. The minimum Gasteiger partial charge on any atom is -0.356 e. The molecule has 2 fully saturated rings. The first-order chi connectivity index (χ1) is 7.84. The molecule has 1 aliphatic carbocycles. The highest BCUT2D eigenvalue weighted by Crippen LogP contribution is 2.39. The average Bonchev–Trinajstić information content (AvgIpc) is 2.97. The van der Waals surface area contributed by atoms with Gasteiger partial charge in [0.15, 0.2) is 0 Å². The first-order valence-electron chi connectivity index (χ1n) is 6.39. The van der Waals surface area contributed by atoms with Gasteiger partial charge in [0.25, 0.3) is 0 Å². The molecule has 1 amide bonds. The molecule has 0 unspecified atom stereocenters. The summed E-state index contributed by atoms with van der Waals surface area (Å²) in [6.45, 7) is 0.925. The molecular formula is C12H21NOS2. The minimum atomic E-state index is 0.264. The Balaban J connectivity index is 1.42. The van der Waals surface area contributed by atoms with Crippen LogP contribution in [0.5, 0.6) is 0 Å². The molecule has 1 N–H and O–H groups in total. The lowest BCUT2D eigenvalue weighted by Crippen LogP contribution is -2.25. The molecule has 0 spiro atoms. The van der Waals surface area contributed by atoms with Crippen molar-refractivity contribution in [2.45, 2.75) is 50.2 Å². The van der Waals surface area contributed by atoms with Crippen LogP contribution in [0.25, 0.3) is 0 Å². The Labute approximate surface area is 106 Å². The molecular weight excluding hydrogens is 238 g/mol. The van der Waals surface area contributed by atoms with Crippen LogP contribution in [-0.2, 0) is 4.79 Å². The summed E-state index contributed by atoms with van der Waals surface area (Å²) in [5, 5.41) is 3.89. The van der Waals surface area contributed by atoms with Gasteiger partial charge in [0, 0.05) is 24.0 Å². The molecule has 92 valence electrons. The smallest absolute Gasteiger partial charge is 0.220 e. The predicted octanol–water partition coefficient (Wildman–Crippen LogP) is 3.23. The van der Waals surface area contributed by atoms with E-state index in [4.69, 9.17) is 0 Å². The number of hydrogen-bond acceptors (Lipinski definition) is 3. The van der Waals surface area contributed by atoms with Crippen molar-refractivity contribution in [3.8, 4) is 0 Å². The molecule has 2 nitrogen and oxygen atoms in total. The Morgan fingerprint density at radius 1 is 1.25 bits per heavy atom. The monoisotopic (exact) mass is 259 g/mol. The summed E-state index contributed by atoms with van der Waals surface area (Å²) in [6, 6.07) is 0. The summed E-state index contributed by atoms with van der Waals surface area (Å²) in [4.78, 5) is 11.5. The van der Waals surface area contributed by atoms with Crippen LogP contribution in [0.4, 0.5) is 0 Å². The van der Waals surface area contributed by atoms with Crippen LogP contribution in [0.3, 0.4) is 0 Å². The van der Waals surface area contributed by atoms with Crippen molar-refractivity contribution in [3.63, 3.8) is 0 Å². The van der Waals surface area contributed by atoms with Crippen LogP contribution in [0.1, 0.15) is 44.9 Å². The number of carbonyl (C=O) groups is 1. The lowest BCUT2D eigenvalue weighted by molar-refractivity contribution is -0.121. The van der Waals surface area contributed by atoms with E-state index in [1.807, 2.05) is 21.6 Å². The number of carbonyl (C=O) groups excluding carboxylic acids is 1. The van der Waals surface area contributed by atoms with Gasteiger partial charge in [-0.2, -0.15) is 0 Å². The molecule has 0 bridgehead atoms. The quantitative estimate of drug-likeness (QED) is 0.562. The fourth-order valence-corrected chi connectivity index (χ4v) is 4.92. The highest BCUT2D eigenvalue weighted by Gasteiger charge is 2.21. The van der Waals surface area contributed by atoms with Crippen LogP contribution in [-0.4, -0.2) is 23.5 Å². The standard InChI is InChI=1S/C12H21NOS2/c14-12(13-9-10-5-6-10)4-2-1-3-11-7-8-15-16-11/h10-11H,1-9H2,(H,13,14)/t11-/m1/s1.